The van der Waals surface area contributed by atoms with E-state index >= 15 is 0 Å². The number of nitro groups is 1. The SMILES string of the molecule is O=[N+]([O-])c1cc(Cl)c(NCCCCn2ccnc2)c(Cl)c1. The predicted molar refractivity (Wildman–Crippen MR) is 83.1 cm³/mol. The third kappa shape index (κ3) is 4.34. The molecule has 0 aliphatic carbocycles. The van der Waals surface area contributed by atoms with Gasteiger partial charge in [-0.2, -0.15) is 0 Å². The number of hydrogen-bond donors (Lipinski definition) is 1. The van der Waals surface area contributed by atoms with Crippen molar-refractivity contribution in [2.24, 2.45) is 0 Å². The summed E-state index contributed by atoms with van der Waals surface area (Å²) in [6.45, 7) is 1.58. The van der Waals surface area contributed by atoms with E-state index in [9.17, 15) is 10.1 Å². The number of nitrogens with one attached hydrogen (secondary N) is 1. The molecular weight excluding hydrogens is 315 g/mol. The molecular formula is C13H14Cl2N4O2. The van der Waals surface area contributed by atoms with E-state index in [4.69, 9.17) is 23.2 Å². The highest BCUT2D eigenvalue weighted by molar-refractivity contribution is 6.39. The van der Waals surface area contributed by atoms with Gasteiger partial charge >= 0.3 is 0 Å². The highest BCUT2D eigenvalue weighted by Crippen LogP contribution is 2.34. The van der Waals surface area contributed by atoms with Crippen molar-refractivity contribution in [2.45, 2.75) is 19.4 Å². The average Bonchev–Trinajstić information content (AvgIpc) is 2.93. The van der Waals surface area contributed by atoms with Crippen molar-refractivity contribution in [3.05, 3.63) is 51.0 Å². The van der Waals surface area contributed by atoms with Crippen molar-refractivity contribution in [1.82, 2.24) is 9.55 Å². The Bertz CT molecular complexity index is 594. The van der Waals surface area contributed by atoms with Crippen LogP contribution in [0.15, 0.2) is 30.9 Å². The fraction of sp³-hybridized carbons (Fsp3) is 0.308. The van der Waals surface area contributed by atoms with Crippen LogP contribution in [0.2, 0.25) is 10.0 Å². The molecule has 1 N–H and O–H groups in total. The van der Waals surface area contributed by atoms with E-state index in [-0.39, 0.29) is 15.7 Å². The van der Waals surface area contributed by atoms with E-state index in [1.54, 1.807) is 12.5 Å². The second-order valence-electron chi connectivity index (χ2n) is 4.48. The van der Waals surface area contributed by atoms with Crippen molar-refractivity contribution in [2.75, 3.05) is 11.9 Å². The summed E-state index contributed by atoms with van der Waals surface area (Å²) >= 11 is 12.0. The minimum atomic E-state index is -0.521. The van der Waals surface area contributed by atoms with Gasteiger partial charge in [-0.1, -0.05) is 23.2 Å². The number of halogens is 2. The van der Waals surface area contributed by atoms with E-state index in [0.29, 0.717) is 12.2 Å². The van der Waals surface area contributed by atoms with Crippen LogP contribution in [-0.2, 0) is 6.54 Å². The Morgan fingerprint density at radius 3 is 2.57 bits per heavy atom. The molecule has 0 fully saturated rings. The van der Waals surface area contributed by atoms with Crippen molar-refractivity contribution in [1.29, 1.82) is 0 Å². The molecule has 112 valence electrons. The number of rotatable bonds is 7. The molecule has 0 atom stereocenters. The lowest BCUT2D eigenvalue weighted by Crippen LogP contribution is -2.05. The molecule has 1 heterocycles. The Morgan fingerprint density at radius 2 is 2.00 bits per heavy atom. The second-order valence-corrected chi connectivity index (χ2v) is 5.29. The predicted octanol–water partition coefficient (Wildman–Crippen LogP) is 3.99. The maximum atomic E-state index is 10.7. The van der Waals surface area contributed by atoms with Crippen LogP contribution in [0.5, 0.6) is 0 Å². The number of aryl methyl sites for hydroxylation is 1. The van der Waals surface area contributed by atoms with Crippen molar-refractivity contribution >= 4 is 34.6 Å². The van der Waals surface area contributed by atoms with E-state index < -0.39 is 4.92 Å². The van der Waals surface area contributed by atoms with Gasteiger partial charge in [0.2, 0.25) is 0 Å². The molecule has 1 aromatic heterocycles. The van der Waals surface area contributed by atoms with Gasteiger partial charge in [-0.3, -0.25) is 10.1 Å². The molecule has 0 radical (unpaired) electrons. The van der Waals surface area contributed by atoms with Gasteiger partial charge in [0.25, 0.3) is 5.69 Å². The Labute approximate surface area is 131 Å². The van der Waals surface area contributed by atoms with Gasteiger partial charge in [0.05, 0.1) is 27.0 Å². The zero-order valence-corrected chi connectivity index (χ0v) is 12.6. The lowest BCUT2D eigenvalue weighted by atomic mass is 10.2. The van der Waals surface area contributed by atoms with Crippen LogP contribution >= 0.6 is 23.2 Å². The van der Waals surface area contributed by atoms with Crippen LogP contribution in [-0.4, -0.2) is 21.0 Å². The molecule has 0 saturated carbocycles. The first-order valence-corrected chi connectivity index (χ1v) is 7.16. The van der Waals surface area contributed by atoms with Crippen LogP contribution in [0.1, 0.15) is 12.8 Å². The van der Waals surface area contributed by atoms with E-state index in [1.807, 2.05) is 10.8 Å². The number of hydrogen-bond acceptors (Lipinski definition) is 4. The summed E-state index contributed by atoms with van der Waals surface area (Å²) < 4.78 is 2.01. The minimum absolute atomic E-state index is 0.115. The van der Waals surface area contributed by atoms with Gasteiger partial charge in [0.1, 0.15) is 0 Å². The second kappa shape index (κ2) is 7.28. The molecule has 1 aromatic carbocycles. The molecule has 2 aromatic rings. The van der Waals surface area contributed by atoms with Gasteiger partial charge in [-0.05, 0) is 12.8 Å². The zero-order chi connectivity index (χ0) is 15.2. The standard InChI is InChI=1S/C13H14Cl2N4O2/c14-11-7-10(19(20)21)8-12(15)13(11)17-3-1-2-5-18-6-4-16-9-18/h4,6-9,17H,1-3,5H2. The maximum Gasteiger partial charge on any atom is 0.272 e. The number of aromatic nitrogens is 2. The minimum Gasteiger partial charge on any atom is -0.383 e. The monoisotopic (exact) mass is 328 g/mol. The van der Waals surface area contributed by atoms with Crippen molar-refractivity contribution in [3.63, 3.8) is 0 Å². The topological polar surface area (TPSA) is 73.0 Å². The molecule has 0 saturated heterocycles. The third-order valence-corrected chi connectivity index (χ3v) is 3.54. The maximum absolute atomic E-state index is 10.7. The van der Waals surface area contributed by atoms with E-state index in [1.165, 1.54) is 12.1 Å². The highest BCUT2D eigenvalue weighted by Gasteiger charge is 2.14. The number of nitrogens with zero attached hydrogens (tertiary/aromatic N) is 3. The number of non-ortho nitro benzene ring substituents is 1. The zero-order valence-electron chi connectivity index (χ0n) is 11.1. The number of anilines is 1. The number of nitro benzene ring substituents is 1. The first-order valence-electron chi connectivity index (χ1n) is 6.41. The molecule has 0 aliphatic rings. The van der Waals surface area contributed by atoms with E-state index in [0.717, 1.165) is 19.4 Å². The smallest absolute Gasteiger partial charge is 0.272 e. The summed E-state index contributed by atoms with van der Waals surface area (Å²) in [6.07, 6.45) is 7.33. The summed E-state index contributed by atoms with van der Waals surface area (Å²) in [5.74, 6) is 0. The number of benzene rings is 1. The molecule has 0 bridgehead atoms. The first kappa shape index (κ1) is 15.6. The van der Waals surface area contributed by atoms with Gasteiger partial charge in [-0.25, -0.2) is 4.98 Å². The van der Waals surface area contributed by atoms with Gasteiger partial charge in [-0.15, -0.1) is 0 Å². The molecule has 0 unspecified atom stereocenters. The fourth-order valence-corrected chi connectivity index (χ4v) is 2.49. The average molecular weight is 329 g/mol. The number of unbranched alkanes of at least 4 members (excludes halogenated alkanes) is 1. The Hall–Kier alpha value is -1.79. The van der Waals surface area contributed by atoms with Crippen LogP contribution in [0.3, 0.4) is 0 Å². The Morgan fingerprint density at radius 1 is 1.29 bits per heavy atom. The lowest BCUT2D eigenvalue weighted by molar-refractivity contribution is -0.384. The summed E-state index contributed by atoms with van der Waals surface area (Å²) in [6, 6.07) is 2.59. The lowest BCUT2D eigenvalue weighted by Gasteiger charge is -2.10. The molecule has 2 rings (SSSR count). The summed E-state index contributed by atoms with van der Waals surface area (Å²) in [4.78, 5) is 14.1. The van der Waals surface area contributed by atoms with Crippen molar-refractivity contribution in [3.8, 4) is 0 Å². The molecule has 6 nitrogen and oxygen atoms in total. The highest BCUT2D eigenvalue weighted by atomic mass is 35.5. The van der Waals surface area contributed by atoms with Gasteiger partial charge < -0.3 is 9.88 Å². The summed E-state index contributed by atoms with van der Waals surface area (Å²) in [5.41, 5.74) is 0.419. The van der Waals surface area contributed by atoms with Crippen LogP contribution in [0.4, 0.5) is 11.4 Å². The summed E-state index contributed by atoms with van der Waals surface area (Å²) in [5, 5.41) is 14.3. The largest absolute Gasteiger partial charge is 0.383 e. The molecule has 0 amide bonds. The summed E-state index contributed by atoms with van der Waals surface area (Å²) in [7, 11) is 0. The van der Waals surface area contributed by atoms with Crippen LogP contribution in [0.25, 0.3) is 0 Å². The Kier molecular flexibility index (Phi) is 5.41. The van der Waals surface area contributed by atoms with Crippen LogP contribution in [0, 0.1) is 10.1 Å². The van der Waals surface area contributed by atoms with Gasteiger partial charge in [0.15, 0.2) is 0 Å². The first-order chi connectivity index (χ1) is 10.1. The van der Waals surface area contributed by atoms with Crippen LogP contribution < -0.4 is 5.32 Å². The molecule has 0 aliphatic heterocycles. The van der Waals surface area contributed by atoms with Crippen molar-refractivity contribution < 1.29 is 4.92 Å². The Balaban J connectivity index is 1.84. The molecule has 21 heavy (non-hydrogen) atoms. The van der Waals surface area contributed by atoms with E-state index in [2.05, 4.69) is 10.3 Å². The molecule has 0 spiro atoms. The fourth-order valence-electron chi connectivity index (χ4n) is 1.89. The number of imidazole rings is 1. The quantitative estimate of drug-likeness (QED) is 0.473. The van der Waals surface area contributed by atoms with Gasteiger partial charge in [0, 0.05) is 37.6 Å². The molecule has 8 heteroatoms. The third-order valence-electron chi connectivity index (χ3n) is 2.94. The normalized spacial score (nSPS) is 10.6.